The fourth-order valence-corrected chi connectivity index (χ4v) is 4.33. The summed E-state index contributed by atoms with van der Waals surface area (Å²) in [5, 5.41) is 37.8. The molecule has 1 fully saturated rings. The first-order chi connectivity index (χ1) is 22.7. The van der Waals surface area contributed by atoms with E-state index in [0.717, 1.165) is 55.2 Å². The van der Waals surface area contributed by atoms with E-state index < -0.39 is 23.9 Å². The van der Waals surface area contributed by atoms with E-state index in [1.807, 2.05) is 18.4 Å². The standard InChI is InChI=1S/C23H30FN7O.2C4H4O4/c1-16(2)27-21(32)9-12-30-10-7-19(8-11-30)28-23-29-20-13-25-15-26-22(20)31(23)14-17-3-5-18(24)6-4-17;2*5-3(6)1-2-4(7)8/h3-6,13,15-16,19H,7-12,14H2,1-2H3,(H,27,32)(H,28,29);2*1-2H,(H,5,6)(H,7,8). The molecule has 0 radical (unpaired) electrons. The van der Waals surface area contributed by atoms with Crippen molar-refractivity contribution in [1.29, 1.82) is 0 Å². The van der Waals surface area contributed by atoms with Crippen LogP contribution in [0.5, 0.6) is 0 Å². The molecule has 2 aromatic heterocycles. The van der Waals surface area contributed by atoms with Gasteiger partial charge < -0.3 is 36.0 Å². The van der Waals surface area contributed by atoms with E-state index in [1.165, 1.54) is 18.5 Å². The topological polar surface area (TPSA) is 237 Å². The number of nitrogens with zero attached hydrogens (tertiary/aromatic N) is 5. The lowest BCUT2D eigenvalue weighted by Crippen LogP contribution is -2.41. The van der Waals surface area contributed by atoms with Gasteiger partial charge in [-0.3, -0.25) is 9.36 Å². The zero-order valence-electron chi connectivity index (χ0n) is 26.3. The number of piperidine rings is 1. The van der Waals surface area contributed by atoms with Crippen LogP contribution >= 0.6 is 0 Å². The van der Waals surface area contributed by atoms with Crippen LogP contribution in [-0.2, 0) is 30.5 Å². The van der Waals surface area contributed by atoms with Crippen molar-refractivity contribution in [3.63, 3.8) is 0 Å². The minimum atomic E-state index is -1.26. The number of anilines is 1. The normalized spacial score (nSPS) is 13.4. The first kappa shape index (κ1) is 38.5. The fourth-order valence-electron chi connectivity index (χ4n) is 4.33. The molecular weight excluding hydrogens is 633 g/mol. The van der Waals surface area contributed by atoms with Crippen LogP contribution in [0.25, 0.3) is 11.2 Å². The molecule has 1 aromatic carbocycles. The number of rotatable bonds is 12. The number of carbonyl (C=O) groups excluding carboxylic acids is 1. The van der Waals surface area contributed by atoms with E-state index in [2.05, 4.69) is 25.5 Å². The van der Waals surface area contributed by atoms with Crippen molar-refractivity contribution in [1.82, 2.24) is 29.7 Å². The Balaban J connectivity index is 0.000000414. The predicted octanol–water partition coefficient (Wildman–Crippen LogP) is 2.23. The summed E-state index contributed by atoms with van der Waals surface area (Å²) in [6.07, 6.45) is 7.93. The van der Waals surface area contributed by atoms with Crippen molar-refractivity contribution >= 4 is 46.9 Å². The van der Waals surface area contributed by atoms with Gasteiger partial charge in [-0.2, -0.15) is 0 Å². The van der Waals surface area contributed by atoms with Gasteiger partial charge in [-0.1, -0.05) is 12.1 Å². The Bertz CT molecular complexity index is 1530. The van der Waals surface area contributed by atoms with Crippen LogP contribution in [-0.4, -0.2) is 106 Å². The van der Waals surface area contributed by atoms with Gasteiger partial charge in [0.05, 0.1) is 12.7 Å². The highest BCUT2D eigenvalue weighted by atomic mass is 19.1. The molecule has 16 nitrogen and oxygen atoms in total. The van der Waals surface area contributed by atoms with Gasteiger partial charge in [0.25, 0.3) is 0 Å². The summed E-state index contributed by atoms with van der Waals surface area (Å²) in [6, 6.07) is 6.95. The largest absolute Gasteiger partial charge is 0.478 e. The highest BCUT2D eigenvalue weighted by Crippen LogP contribution is 2.22. The molecule has 48 heavy (non-hydrogen) atoms. The third-order valence-electron chi connectivity index (χ3n) is 6.43. The van der Waals surface area contributed by atoms with Crippen molar-refractivity contribution in [3.8, 4) is 0 Å². The summed E-state index contributed by atoms with van der Waals surface area (Å²) in [6.45, 7) is 7.15. The summed E-state index contributed by atoms with van der Waals surface area (Å²) >= 11 is 0. The van der Waals surface area contributed by atoms with Gasteiger partial charge in [-0.05, 0) is 44.4 Å². The van der Waals surface area contributed by atoms with Crippen molar-refractivity contribution in [2.24, 2.45) is 0 Å². The molecule has 4 rings (SSSR count). The lowest BCUT2D eigenvalue weighted by molar-refractivity contribution is -0.134. The first-order valence-corrected chi connectivity index (χ1v) is 14.7. The van der Waals surface area contributed by atoms with Gasteiger partial charge in [-0.15, -0.1) is 0 Å². The number of likely N-dealkylation sites (tertiary alicyclic amines) is 1. The third kappa shape index (κ3) is 15.0. The Morgan fingerprint density at radius 2 is 1.46 bits per heavy atom. The monoisotopic (exact) mass is 671 g/mol. The van der Waals surface area contributed by atoms with E-state index >= 15 is 0 Å². The molecule has 258 valence electrons. The maximum atomic E-state index is 13.3. The molecule has 1 amide bonds. The Morgan fingerprint density at radius 3 is 1.96 bits per heavy atom. The van der Waals surface area contributed by atoms with E-state index in [1.54, 1.807) is 18.3 Å². The van der Waals surface area contributed by atoms with Crippen LogP contribution in [0.3, 0.4) is 0 Å². The number of hydrogen-bond acceptors (Lipinski definition) is 10. The van der Waals surface area contributed by atoms with Gasteiger partial charge in [0.2, 0.25) is 11.9 Å². The molecule has 0 bridgehead atoms. The second kappa shape index (κ2) is 19.7. The van der Waals surface area contributed by atoms with Gasteiger partial charge in [0.1, 0.15) is 17.7 Å². The van der Waals surface area contributed by atoms with Gasteiger partial charge >= 0.3 is 23.9 Å². The molecule has 3 heterocycles. The molecule has 0 atom stereocenters. The van der Waals surface area contributed by atoms with Crippen LogP contribution in [0.15, 0.2) is 61.1 Å². The van der Waals surface area contributed by atoms with Gasteiger partial charge in [0, 0.05) is 62.4 Å². The number of halogens is 1. The summed E-state index contributed by atoms with van der Waals surface area (Å²) in [5.74, 6) is -4.42. The number of benzene rings is 1. The molecule has 6 N–H and O–H groups in total. The lowest BCUT2D eigenvalue weighted by Gasteiger charge is -2.32. The summed E-state index contributed by atoms with van der Waals surface area (Å²) < 4.78 is 15.3. The lowest BCUT2D eigenvalue weighted by atomic mass is 10.1. The number of carboxylic acid groups (broad SMARTS) is 4. The van der Waals surface area contributed by atoms with Crippen molar-refractivity contribution in [2.45, 2.75) is 51.7 Å². The Hall–Kier alpha value is -5.71. The Kier molecular flexibility index (Phi) is 15.8. The molecule has 1 saturated heterocycles. The number of imidazole rings is 1. The number of fused-ring (bicyclic) bond motifs is 1. The molecule has 0 saturated carbocycles. The summed E-state index contributed by atoms with van der Waals surface area (Å²) in [7, 11) is 0. The first-order valence-electron chi connectivity index (χ1n) is 14.7. The average Bonchev–Trinajstić information content (AvgIpc) is 3.36. The second-order valence-electron chi connectivity index (χ2n) is 10.6. The summed E-state index contributed by atoms with van der Waals surface area (Å²) in [5.41, 5.74) is 2.45. The second-order valence-corrected chi connectivity index (χ2v) is 10.6. The quantitative estimate of drug-likeness (QED) is 0.152. The maximum Gasteiger partial charge on any atom is 0.328 e. The minimum absolute atomic E-state index is 0.107. The van der Waals surface area contributed by atoms with Crippen molar-refractivity contribution in [2.75, 3.05) is 25.0 Å². The van der Waals surface area contributed by atoms with Gasteiger partial charge in [0.15, 0.2) is 5.65 Å². The van der Waals surface area contributed by atoms with E-state index in [0.29, 0.717) is 37.3 Å². The number of amides is 1. The Labute approximate surface area is 274 Å². The zero-order chi connectivity index (χ0) is 35.6. The van der Waals surface area contributed by atoms with Crippen LogP contribution < -0.4 is 10.6 Å². The van der Waals surface area contributed by atoms with Crippen molar-refractivity contribution in [3.05, 3.63) is 72.5 Å². The predicted molar refractivity (Wildman–Crippen MR) is 171 cm³/mol. The average molecular weight is 672 g/mol. The molecule has 1 aliphatic rings. The Morgan fingerprint density at radius 1 is 0.917 bits per heavy atom. The fraction of sp³-hybridized carbons (Fsp3) is 0.355. The SMILES string of the molecule is CC(C)NC(=O)CCN1CCC(Nc2nc3cncnc3n2Cc2ccc(F)cc2)CC1.O=C(O)C=CC(=O)O.O=C(O)C=CC(=O)O. The van der Waals surface area contributed by atoms with Crippen LogP contribution in [0.1, 0.15) is 38.7 Å². The molecule has 17 heteroatoms. The molecule has 1 aliphatic heterocycles. The van der Waals surface area contributed by atoms with Crippen LogP contribution in [0.4, 0.5) is 10.3 Å². The number of nitrogens with one attached hydrogen (secondary N) is 2. The van der Waals surface area contributed by atoms with E-state index in [9.17, 15) is 28.4 Å². The number of aromatic nitrogens is 4. The zero-order valence-corrected chi connectivity index (χ0v) is 26.3. The summed E-state index contributed by atoms with van der Waals surface area (Å²) in [4.78, 5) is 65.7. The number of aliphatic carboxylic acids is 4. The highest BCUT2D eigenvalue weighted by Gasteiger charge is 2.22. The highest BCUT2D eigenvalue weighted by molar-refractivity contribution is 5.90. The maximum absolute atomic E-state index is 13.3. The number of carboxylic acids is 4. The van der Waals surface area contributed by atoms with E-state index in [4.69, 9.17) is 25.4 Å². The van der Waals surface area contributed by atoms with Crippen LogP contribution in [0.2, 0.25) is 0 Å². The molecule has 0 unspecified atom stereocenters. The van der Waals surface area contributed by atoms with Crippen molar-refractivity contribution < 1.29 is 48.8 Å². The van der Waals surface area contributed by atoms with Gasteiger partial charge in [-0.25, -0.2) is 38.5 Å². The third-order valence-corrected chi connectivity index (χ3v) is 6.43. The smallest absolute Gasteiger partial charge is 0.328 e. The van der Waals surface area contributed by atoms with Crippen LogP contribution in [0, 0.1) is 5.82 Å². The molecular formula is C31H38FN7O9. The van der Waals surface area contributed by atoms with E-state index in [-0.39, 0.29) is 23.8 Å². The molecule has 0 spiro atoms. The minimum Gasteiger partial charge on any atom is -0.478 e. The molecule has 3 aromatic rings. The number of hydrogen-bond donors (Lipinski definition) is 6. The molecule has 0 aliphatic carbocycles. The number of carbonyl (C=O) groups is 5.